The quantitative estimate of drug-likeness (QED) is 0.821. The second-order valence-corrected chi connectivity index (χ2v) is 6.87. The van der Waals surface area contributed by atoms with Gasteiger partial charge in [0.25, 0.3) is 0 Å². The Morgan fingerprint density at radius 2 is 1.55 bits per heavy atom. The van der Waals surface area contributed by atoms with Crippen LogP contribution in [-0.2, 0) is 4.79 Å². The number of rotatable bonds is 3. The van der Waals surface area contributed by atoms with E-state index in [0.717, 1.165) is 12.8 Å². The fraction of sp³-hybridized carbons (Fsp3) is 0.875. The lowest BCUT2D eigenvalue weighted by Crippen LogP contribution is -2.57. The van der Waals surface area contributed by atoms with Crippen LogP contribution in [0, 0.1) is 5.92 Å². The third kappa shape index (κ3) is 4.35. The highest BCUT2D eigenvalue weighted by atomic mass is 16.2. The van der Waals surface area contributed by atoms with Crippen molar-refractivity contribution in [2.45, 2.75) is 58.0 Å². The Morgan fingerprint density at radius 3 is 2.09 bits per heavy atom. The van der Waals surface area contributed by atoms with Crippen LogP contribution in [0.3, 0.4) is 0 Å². The Morgan fingerprint density at radius 1 is 1.00 bits per heavy atom. The number of piperazine rings is 1. The molecule has 0 aromatic carbocycles. The van der Waals surface area contributed by atoms with Crippen molar-refractivity contribution < 1.29 is 9.59 Å². The van der Waals surface area contributed by atoms with Crippen LogP contribution in [0.25, 0.3) is 0 Å². The number of nitrogens with one attached hydrogen (secondary N) is 1. The molecule has 0 unspecified atom stereocenters. The molecule has 1 heterocycles. The van der Waals surface area contributed by atoms with Gasteiger partial charge in [-0.25, -0.2) is 4.79 Å². The molecule has 2 rings (SSSR count). The lowest BCUT2D eigenvalue weighted by molar-refractivity contribution is -0.135. The van der Waals surface area contributed by atoms with E-state index in [4.69, 9.17) is 5.73 Å². The molecule has 0 aromatic heterocycles. The summed E-state index contributed by atoms with van der Waals surface area (Å²) >= 11 is 0. The summed E-state index contributed by atoms with van der Waals surface area (Å²) in [7, 11) is 0. The average molecular weight is 310 g/mol. The molecule has 6 heteroatoms. The minimum absolute atomic E-state index is 0.00217. The summed E-state index contributed by atoms with van der Waals surface area (Å²) in [5.74, 6) is 0.141. The first-order valence-corrected chi connectivity index (χ1v) is 8.59. The number of urea groups is 1. The fourth-order valence-electron chi connectivity index (χ4n) is 3.14. The maximum Gasteiger partial charge on any atom is 0.317 e. The van der Waals surface area contributed by atoms with Gasteiger partial charge < -0.3 is 20.9 Å². The van der Waals surface area contributed by atoms with Gasteiger partial charge in [-0.15, -0.1) is 0 Å². The Bertz CT molecular complexity index is 386. The summed E-state index contributed by atoms with van der Waals surface area (Å²) in [5, 5.41) is 3.13. The van der Waals surface area contributed by atoms with Crippen molar-refractivity contribution in [3.8, 4) is 0 Å². The van der Waals surface area contributed by atoms with Crippen molar-refractivity contribution in [3.63, 3.8) is 0 Å². The lowest BCUT2D eigenvalue weighted by Gasteiger charge is -2.37. The zero-order chi connectivity index (χ0) is 16.1. The highest BCUT2D eigenvalue weighted by Crippen LogP contribution is 2.18. The van der Waals surface area contributed by atoms with Crippen LogP contribution < -0.4 is 11.1 Å². The maximum atomic E-state index is 12.3. The predicted molar refractivity (Wildman–Crippen MR) is 86.4 cm³/mol. The van der Waals surface area contributed by atoms with Crippen molar-refractivity contribution in [2.24, 2.45) is 11.7 Å². The van der Waals surface area contributed by atoms with Gasteiger partial charge in [-0.2, -0.15) is 0 Å². The fourth-order valence-corrected chi connectivity index (χ4v) is 3.14. The van der Waals surface area contributed by atoms with Crippen LogP contribution >= 0.6 is 0 Å². The van der Waals surface area contributed by atoms with Crippen molar-refractivity contribution in [1.29, 1.82) is 0 Å². The van der Waals surface area contributed by atoms with E-state index >= 15 is 0 Å². The van der Waals surface area contributed by atoms with Crippen molar-refractivity contribution in [1.82, 2.24) is 15.1 Å². The molecule has 3 N–H and O–H groups in total. The predicted octanol–water partition coefficient (Wildman–Crippen LogP) is 1.16. The SMILES string of the molecule is CC(C)[C@H](N)C(=O)N1CCN(C(=O)NC2CCCCC2)CC1. The van der Waals surface area contributed by atoms with Gasteiger partial charge in [0.1, 0.15) is 0 Å². The summed E-state index contributed by atoms with van der Waals surface area (Å²) in [6.45, 7) is 6.26. The Kier molecular flexibility index (Phi) is 6.06. The van der Waals surface area contributed by atoms with Gasteiger partial charge in [-0.3, -0.25) is 4.79 Å². The molecule has 0 bridgehead atoms. The van der Waals surface area contributed by atoms with E-state index in [0.29, 0.717) is 32.2 Å². The van der Waals surface area contributed by atoms with Gasteiger partial charge in [-0.05, 0) is 18.8 Å². The number of carbonyl (C=O) groups is 2. The molecule has 6 nitrogen and oxygen atoms in total. The molecule has 1 saturated heterocycles. The van der Waals surface area contributed by atoms with Gasteiger partial charge >= 0.3 is 6.03 Å². The molecule has 1 aliphatic heterocycles. The average Bonchev–Trinajstić information content (AvgIpc) is 2.54. The van der Waals surface area contributed by atoms with E-state index in [2.05, 4.69) is 5.32 Å². The van der Waals surface area contributed by atoms with E-state index in [1.165, 1.54) is 19.3 Å². The second-order valence-electron chi connectivity index (χ2n) is 6.87. The summed E-state index contributed by atoms with van der Waals surface area (Å²) in [6.07, 6.45) is 5.88. The minimum atomic E-state index is -0.442. The molecule has 3 amide bonds. The molecule has 0 aromatic rings. The van der Waals surface area contributed by atoms with Crippen molar-refractivity contribution in [3.05, 3.63) is 0 Å². The first-order valence-electron chi connectivity index (χ1n) is 8.59. The van der Waals surface area contributed by atoms with Crippen LogP contribution in [0.2, 0.25) is 0 Å². The van der Waals surface area contributed by atoms with E-state index in [1.54, 1.807) is 4.90 Å². The molecule has 1 atom stereocenters. The molecular weight excluding hydrogens is 280 g/mol. The highest BCUT2D eigenvalue weighted by molar-refractivity contribution is 5.82. The molecular formula is C16H30N4O2. The van der Waals surface area contributed by atoms with E-state index in [-0.39, 0.29) is 17.9 Å². The smallest absolute Gasteiger partial charge is 0.317 e. The first kappa shape index (κ1) is 17.1. The molecule has 1 aliphatic carbocycles. The van der Waals surface area contributed by atoms with Gasteiger partial charge in [0.2, 0.25) is 5.91 Å². The molecule has 1 saturated carbocycles. The largest absolute Gasteiger partial charge is 0.338 e. The van der Waals surface area contributed by atoms with Gasteiger partial charge in [-0.1, -0.05) is 33.1 Å². The maximum absolute atomic E-state index is 12.3. The molecule has 2 fully saturated rings. The third-order valence-corrected chi connectivity index (χ3v) is 4.81. The van der Waals surface area contributed by atoms with E-state index in [9.17, 15) is 9.59 Å². The van der Waals surface area contributed by atoms with E-state index in [1.807, 2.05) is 18.7 Å². The Hall–Kier alpha value is -1.30. The van der Waals surface area contributed by atoms with Gasteiger partial charge in [0.05, 0.1) is 6.04 Å². The van der Waals surface area contributed by atoms with Gasteiger partial charge in [0, 0.05) is 32.2 Å². The Balaban J connectivity index is 1.76. The Labute approximate surface area is 133 Å². The molecule has 2 aliphatic rings. The molecule has 22 heavy (non-hydrogen) atoms. The number of amides is 3. The third-order valence-electron chi connectivity index (χ3n) is 4.81. The normalized spacial score (nSPS) is 21.8. The van der Waals surface area contributed by atoms with Crippen molar-refractivity contribution >= 4 is 11.9 Å². The number of nitrogens with two attached hydrogens (primary N) is 1. The van der Waals surface area contributed by atoms with Crippen LogP contribution in [0.5, 0.6) is 0 Å². The van der Waals surface area contributed by atoms with Crippen LogP contribution in [0.15, 0.2) is 0 Å². The molecule has 0 spiro atoms. The second kappa shape index (κ2) is 7.81. The van der Waals surface area contributed by atoms with Gasteiger partial charge in [0.15, 0.2) is 0 Å². The van der Waals surface area contributed by atoms with Crippen LogP contribution in [0.1, 0.15) is 46.0 Å². The summed E-state index contributed by atoms with van der Waals surface area (Å²) in [5.41, 5.74) is 5.92. The lowest BCUT2D eigenvalue weighted by atomic mass is 9.96. The summed E-state index contributed by atoms with van der Waals surface area (Å²) in [6, 6.07) is -0.0925. The van der Waals surface area contributed by atoms with Crippen LogP contribution in [0.4, 0.5) is 4.79 Å². The van der Waals surface area contributed by atoms with E-state index < -0.39 is 6.04 Å². The molecule has 0 radical (unpaired) electrons. The summed E-state index contributed by atoms with van der Waals surface area (Å²) < 4.78 is 0. The number of carbonyl (C=O) groups excluding carboxylic acids is 2. The zero-order valence-corrected chi connectivity index (χ0v) is 13.9. The topological polar surface area (TPSA) is 78.7 Å². The number of hydrogen-bond donors (Lipinski definition) is 2. The standard InChI is InChI=1S/C16H30N4O2/c1-12(2)14(17)15(21)19-8-10-20(11-9-19)16(22)18-13-6-4-3-5-7-13/h12-14H,3-11,17H2,1-2H3,(H,18,22)/t14-/m0/s1. The highest BCUT2D eigenvalue weighted by Gasteiger charge is 2.29. The summed E-state index contributed by atoms with van der Waals surface area (Å²) in [4.78, 5) is 28.1. The molecule has 126 valence electrons. The first-order chi connectivity index (χ1) is 10.5. The number of nitrogens with zero attached hydrogens (tertiary/aromatic N) is 2. The number of hydrogen-bond acceptors (Lipinski definition) is 3. The van der Waals surface area contributed by atoms with Crippen LogP contribution in [-0.4, -0.2) is 60.0 Å². The minimum Gasteiger partial charge on any atom is -0.338 e. The van der Waals surface area contributed by atoms with Crippen molar-refractivity contribution in [2.75, 3.05) is 26.2 Å². The monoisotopic (exact) mass is 310 g/mol. The zero-order valence-electron chi connectivity index (χ0n) is 13.9.